The molecule has 0 bridgehead atoms. The second-order valence-electron chi connectivity index (χ2n) is 4.68. The number of morpholine rings is 1. The van der Waals surface area contributed by atoms with Crippen molar-refractivity contribution in [2.45, 2.75) is 19.4 Å². The molecular weight excluding hydrogens is 278 g/mol. The van der Waals surface area contributed by atoms with Crippen molar-refractivity contribution in [2.75, 3.05) is 24.7 Å². The Balaban J connectivity index is 2.40. The summed E-state index contributed by atoms with van der Waals surface area (Å²) < 4.78 is 5.51. The van der Waals surface area contributed by atoms with Gasteiger partial charge in [-0.2, -0.15) is 0 Å². The summed E-state index contributed by atoms with van der Waals surface area (Å²) in [5.74, 6) is -0.968. The fourth-order valence-electron chi connectivity index (χ4n) is 2.42. The third kappa shape index (κ3) is 3.32. The van der Waals surface area contributed by atoms with Gasteiger partial charge in [-0.1, -0.05) is 30.7 Å². The van der Waals surface area contributed by atoms with Gasteiger partial charge >= 0.3 is 5.97 Å². The van der Waals surface area contributed by atoms with Gasteiger partial charge in [0.1, 0.15) is 0 Å². The first-order chi connectivity index (χ1) is 9.63. The quantitative estimate of drug-likeness (QED) is 0.868. The lowest BCUT2D eigenvalue weighted by Crippen LogP contribution is -2.45. The fraction of sp³-hybridized carbons (Fsp3) is 0.400. The van der Waals surface area contributed by atoms with Crippen molar-refractivity contribution in [3.63, 3.8) is 0 Å². The maximum Gasteiger partial charge on any atom is 0.328 e. The van der Waals surface area contributed by atoms with Crippen LogP contribution in [0.25, 0.3) is 6.08 Å². The summed E-state index contributed by atoms with van der Waals surface area (Å²) in [6, 6.07) is 5.80. The molecular formula is C15H18ClNO3. The summed E-state index contributed by atoms with van der Waals surface area (Å²) in [6.45, 7) is 4.19. The molecule has 2 rings (SSSR count). The molecule has 1 aliphatic rings. The molecule has 0 saturated carbocycles. The van der Waals surface area contributed by atoms with Crippen molar-refractivity contribution in [1.82, 2.24) is 0 Å². The molecule has 0 radical (unpaired) electrons. The van der Waals surface area contributed by atoms with Crippen molar-refractivity contribution < 1.29 is 14.6 Å². The molecule has 108 valence electrons. The SMILES string of the molecule is CCC1COCCN1c1c(Cl)cccc1/C=C/C(=O)O. The molecule has 0 spiro atoms. The number of rotatable bonds is 4. The molecule has 5 heteroatoms. The van der Waals surface area contributed by atoms with Crippen LogP contribution in [0.3, 0.4) is 0 Å². The van der Waals surface area contributed by atoms with Crippen molar-refractivity contribution in [3.8, 4) is 0 Å². The zero-order valence-electron chi connectivity index (χ0n) is 11.4. The van der Waals surface area contributed by atoms with E-state index < -0.39 is 5.97 Å². The number of nitrogens with zero attached hydrogens (tertiary/aromatic N) is 1. The Morgan fingerprint density at radius 1 is 1.60 bits per heavy atom. The average molecular weight is 296 g/mol. The largest absolute Gasteiger partial charge is 0.478 e. The summed E-state index contributed by atoms with van der Waals surface area (Å²) in [4.78, 5) is 12.9. The smallest absolute Gasteiger partial charge is 0.328 e. The lowest BCUT2D eigenvalue weighted by atomic mass is 10.1. The number of hydrogen-bond acceptors (Lipinski definition) is 3. The zero-order valence-corrected chi connectivity index (χ0v) is 12.1. The third-order valence-corrected chi connectivity index (χ3v) is 3.71. The predicted octanol–water partition coefficient (Wildman–Crippen LogP) is 3.05. The summed E-state index contributed by atoms with van der Waals surface area (Å²) in [6.07, 6.45) is 3.68. The lowest BCUT2D eigenvalue weighted by Gasteiger charge is -2.38. The second-order valence-corrected chi connectivity index (χ2v) is 5.09. The Bertz CT molecular complexity index is 516. The van der Waals surface area contributed by atoms with E-state index in [1.165, 1.54) is 0 Å². The highest BCUT2D eigenvalue weighted by atomic mass is 35.5. The zero-order chi connectivity index (χ0) is 14.5. The minimum Gasteiger partial charge on any atom is -0.478 e. The fourth-order valence-corrected chi connectivity index (χ4v) is 2.71. The molecule has 1 aromatic rings. The minimum absolute atomic E-state index is 0.264. The van der Waals surface area contributed by atoms with Crippen LogP contribution >= 0.6 is 11.6 Å². The number of para-hydroxylation sites is 1. The van der Waals surface area contributed by atoms with Crippen molar-refractivity contribution >= 4 is 29.3 Å². The predicted molar refractivity (Wildman–Crippen MR) is 80.4 cm³/mol. The molecule has 20 heavy (non-hydrogen) atoms. The molecule has 0 amide bonds. The molecule has 1 aromatic carbocycles. The standard InChI is InChI=1S/C15H18ClNO3/c1-2-12-10-20-9-8-17(12)15-11(6-7-14(18)19)4-3-5-13(15)16/h3-7,12H,2,8-10H2,1H3,(H,18,19)/b7-6+. The van der Waals surface area contributed by atoms with E-state index in [1.807, 2.05) is 18.2 Å². The van der Waals surface area contributed by atoms with Gasteiger partial charge in [0.15, 0.2) is 0 Å². The van der Waals surface area contributed by atoms with Crippen molar-refractivity contribution in [2.24, 2.45) is 0 Å². The number of hydrogen-bond donors (Lipinski definition) is 1. The number of carboxylic acid groups (broad SMARTS) is 1. The van der Waals surface area contributed by atoms with Crippen LogP contribution in [-0.4, -0.2) is 36.9 Å². The first-order valence-electron chi connectivity index (χ1n) is 6.67. The van der Waals surface area contributed by atoms with Crippen LogP contribution in [0.5, 0.6) is 0 Å². The maximum absolute atomic E-state index is 10.7. The number of anilines is 1. The topological polar surface area (TPSA) is 49.8 Å². The van der Waals surface area contributed by atoms with Gasteiger partial charge in [-0.25, -0.2) is 4.79 Å². The highest BCUT2D eigenvalue weighted by Gasteiger charge is 2.24. The van der Waals surface area contributed by atoms with Crippen molar-refractivity contribution in [3.05, 3.63) is 34.9 Å². The van der Waals surface area contributed by atoms with Gasteiger partial charge in [0.25, 0.3) is 0 Å². The maximum atomic E-state index is 10.7. The monoisotopic (exact) mass is 295 g/mol. The van der Waals surface area contributed by atoms with E-state index in [4.69, 9.17) is 21.4 Å². The summed E-state index contributed by atoms with van der Waals surface area (Å²) in [5, 5.41) is 9.43. The Morgan fingerprint density at radius 3 is 3.10 bits per heavy atom. The molecule has 1 N–H and O–H groups in total. The minimum atomic E-state index is -0.968. The number of halogens is 1. The highest BCUT2D eigenvalue weighted by Crippen LogP contribution is 2.33. The first kappa shape index (κ1) is 14.9. The van der Waals surface area contributed by atoms with Gasteiger partial charge in [-0.3, -0.25) is 0 Å². The number of benzene rings is 1. The summed E-state index contributed by atoms with van der Waals surface area (Å²) >= 11 is 6.34. The van der Waals surface area contributed by atoms with E-state index >= 15 is 0 Å². The van der Waals surface area contributed by atoms with Crippen LogP contribution in [0.2, 0.25) is 5.02 Å². The molecule has 4 nitrogen and oxygen atoms in total. The molecule has 1 unspecified atom stereocenters. The second kappa shape index (κ2) is 6.77. The molecule has 0 aromatic heterocycles. The van der Waals surface area contributed by atoms with Crippen LogP contribution in [0.15, 0.2) is 24.3 Å². The van der Waals surface area contributed by atoms with Gasteiger partial charge in [0.2, 0.25) is 0 Å². The Kier molecular flexibility index (Phi) is 5.04. The van der Waals surface area contributed by atoms with Crippen LogP contribution < -0.4 is 4.90 Å². The Hall–Kier alpha value is -1.52. The number of carbonyl (C=O) groups is 1. The number of aliphatic carboxylic acids is 1. The average Bonchev–Trinajstić information content (AvgIpc) is 2.45. The lowest BCUT2D eigenvalue weighted by molar-refractivity contribution is -0.131. The molecule has 0 aliphatic carbocycles. The van der Waals surface area contributed by atoms with Crippen LogP contribution in [0, 0.1) is 0 Å². The molecule has 1 aliphatic heterocycles. The van der Waals surface area contributed by atoms with Gasteiger partial charge < -0.3 is 14.7 Å². The third-order valence-electron chi connectivity index (χ3n) is 3.41. The van der Waals surface area contributed by atoms with E-state index in [9.17, 15) is 4.79 Å². The number of ether oxygens (including phenoxy) is 1. The Morgan fingerprint density at radius 2 is 2.40 bits per heavy atom. The van der Waals surface area contributed by atoms with Gasteiger partial charge in [0.05, 0.1) is 30.0 Å². The first-order valence-corrected chi connectivity index (χ1v) is 7.05. The van der Waals surface area contributed by atoms with E-state index in [2.05, 4.69) is 11.8 Å². The number of carboxylic acids is 1. The van der Waals surface area contributed by atoms with Gasteiger partial charge in [-0.15, -0.1) is 0 Å². The van der Waals surface area contributed by atoms with Crippen molar-refractivity contribution in [1.29, 1.82) is 0 Å². The van der Waals surface area contributed by atoms with Gasteiger partial charge in [0, 0.05) is 12.6 Å². The van der Waals surface area contributed by atoms with Gasteiger partial charge in [-0.05, 0) is 24.1 Å². The normalized spacial score (nSPS) is 19.5. The van der Waals surface area contributed by atoms with E-state index in [0.29, 0.717) is 18.2 Å². The molecule has 1 atom stereocenters. The molecule has 1 saturated heterocycles. The Labute approximate surface area is 123 Å². The molecule has 1 heterocycles. The van der Waals surface area contributed by atoms with Crippen LogP contribution in [0.4, 0.5) is 5.69 Å². The van der Waals surface area contributed by atoms with E-state index in [-0.39, 0.29) is 6.04 Å². The highest BCUT2D eigenvalue weighted by molar-refractivity contribution is 6.33. The van der Waals surface area contributed by atoms with Crippen LogP contribution in [-0.2, 0) is 9.53 Å². The van der Waals surface area contributed by atoms with E-state index in [0.717, 1.165) is 30.3 Å². The van der Waals surface area contributed by atoms with E-state index in [1.54, 1.807) is 6.08 Å². The van der Waals surface area contributed by atoms with Crippen LogP contribution in [0.1, 0.15) is 18.9 Å². The molecule has 1 fully saturated rings. The summed E-state index contributed by atoms with van der Waals surface area (Å²) in [5.41, 5.74) is 1.71. The summed E-state index contributed by atoms with van der Waals surface area (Å²) in [7, 11) is 0.